The van der Waals surface area contributed by atoms with Crippen molar-refractivity contribution in [2.75, 3.05) is 5.75 Å². The predicted octanol–water partition coefficient (Wildman–Crippen LogP) is 3.61. The molecule has 0 spiro atoms. The fourth-order valence-corrected chi connectivity index (χ4v) is 3.11. The summed E-state index contributed by atoms with van der Waals surface area (Å²) in [7, 11) is 0. The Bertz CT molecular complexity index is 308. The number of thioether (sulfide) groups is 1. The minimum Gasteiger partial charge on any atom is -0.508 e. The van der Waals surface area contributed by atoms with Gasteiger partial charge >= 0.3 is 0 Å². The van der Waals surface area contributed by atoms with Gasteiger partial charge in [-0.3, -0.25) is 0 Å². The third kappa shape index (κ3) is 1.94. The van der Waals surface area contributed by atoms with Crippen molar-refractivity contribution in [2.24, 2.45) is 0 Å². The third-order valence-corrected chi connectivity index (χ3v) is 3.92. The molecule has 1 unspecified atom stereocenters. The summed E-state index contributed by atoms with van der Waals surface area (Å²) in [6.45, 7) is 0. The molecule has 0 radical (unpaired) electrons. The molecular weight excluding hydrogens is 204 g/mol. The van der Waals surface area contributed by atoms with Crippen LogP contribution in [0.25, 0.3) is 0 Å². The Hall–Kier alpha value is -0.340. The molecule has 1 nitrogen and oxygen atoms in total. The maximum Gasteiger partial charge on any atom is 0.119 e. The van der Waals surface area contributed by atoms with Gasteiger partial charge in [-0.25, -0.2) is 0 Å². The highest BCUT2D eigenvalue weighted by molar-refractivity contribution is 7.99. The zero-order chi connectivity index (χ0) is 9.26. The SMILES string of the molecule is Oc1ccc(Cl)cc1C1CCCS1. The fourth-order valence-electron chi connectivity index (χ4n) is 1.61. The summed E-state index contributed by atoms with van der Waals surface area (Å²) in [5.74, 6) is 1.57. The number of phenols is 1. The van der Waals surface area contributed by atoms with Crippen LogP contribution in [0.4, 0.5) is 0 Å². The van der Waals surface area contributed by atoms with Gasteiger partial charge in [0.1, 0.15) is 5.75 Å². The van der Waals surface area contributed by atoms with E-state index >= 15 is 0 Å². The van der Waals surface area contributed by atoms with Crippen LogP contribution in [0.15, 0.2) is 18.2 Å². The Balaban J connectivity index is 2.32. The topological polar surface area (TPSA) is 20.2 Å². The highest BCUT2D eigenvalue weighted by atomic mass is 35.5. The van der Waals surface area contributed by atoms with Crippen LogP contribution in [0.3, 0.4) is 0 Å². The Morgan fingerprint density at radius 2 is 2.31 bits per heavy atom. The molecule has 1 aromatic rings. The lowest BCUT2D eigenvalue weighted by Crippen LogP contribution is -1.88. The first-order chi connectivity index (χ1) is 6.27. The quantitative estimate of drug-likeness (QED) is 0.771. The molecule has 3 heteroatoms. The average molecular weight is 215 g/mol. The van der Waals surface area contributed by atoms with Gasteiger partial charge in [-0.1, -0.05) is 11.6 Å². The van der Waals surface area contributed by atoms with Crippen LogP contribution < -0.4 is 0 Å². The van der Waals surface area contributed by atoms with Gasteiger partial charge in [0.15, 0.2) is 0 Å². The Labute approximate surface area is 87.1 Å². The number of aromatic hydroxyl groups is 1. The van der Waals surface area contributed by atoms with Crippen LogP contribution in [0.2, 0.25) is 5.02 Å². The number of phenolic OH excluding ortho intramolecular Hbond substituents is 1. The van der Waals surface area contributed by atoms with E-state index in [1.54, 1.807) is 12.1 Å². The van der Waals surface area contributed by atoms with Crippen molar-refractivity contribution in [3.05, 3.63) is 28.8 Å². The first kappa shape index (κ1) is 9.22. The van der Waals surface area contributed by atoms with E-state index in [0.29, 0.717) is 16.0 Å². The number of hydrogen-bond acceptors (Lipinski definition) is 2. The van der Waals surface area contributed by atoms with Gasteiger partial charge in [-0.05, 0) is 36.8 Å². The molecule has 1 aliphatic heterocycles. The van der Waals surface area contributed by atoms with Crippen LogP contribution in [-0.2, 0) is 0 Å². The number of benzene rings is 1. The minimum atomic E-state index is 0.379. The van der Waals surface area contributed by atoms with E-state index in [1.807, 2.05) is 17.8 Å². The second-order valence-electron chi connectivity index (χ2n) is 3.20. The van der Waals surface area contributed by atoms with Gasteiger partial charge < -0.3 is 5.11 Å². The van der Waals surface area contributed by atoms with E-state index in [0.717, 1.165) is 12.0 Å². The smallest absolute Gasteiger partial charge is 0.119 e. The molecule has 2 rings (SSSR count). The summed E-state index contributed by atoms with van der Waals surface area (Å²) < 4.78 is 0. The number of hydrogen-bond donors (Lipinski definition) is 1. The Morgan fingerprint density at radius 3 is 3.00 bits per heavy atom. The van der Waals surface area contributed by atoms with Crippen molar-refractivity contribution in [1.29, 1.82) is 0 Å². The number of rotatable bonds is 1. The molecule has 1 atom stereocenters. The molecule has 1 fully saturated rings. The second kappa shape index (κ2) is 3.81. The van der Waals surface area contributed by atoms with Crippen LogP contribution in [0, 0.1) is 0 Å². The van der Waals surface area contributed by atoms with Crippen molar-refractivity contribution in [1.82, 2.24) is 0 Å². The second-order valence-corrected chi connectivity index (χ2v) is 4.95. The predicted molar refractivity (Wildman–Crippen MR) is 57.5 cm³/mol. The third-order valence-electron chi connectivity index (χ3n) is 2.27. The van der Waals surface area contributed by atoms with Crippen LogP contribution in [0.5, 0.6) is 5.75 Å². The normalized spacial score (nSPS) is 22.1. The highest BCUT2D eigenvalue weighted by Gasteiger charge is 2.20. The summed E-state index contributed by atoms with van der Waals surface area (Å²) in [4.78, 5) is 0. The summed E-state index contributed by atoms with van der Waals surface area (Å²) in [6, 6.07) is 5.27. The van der Waals surface area contributed by atoms with E-state index in [4.69, 9.17) is 11.6 Å². The molecule has 0 aliphatic carbocycles. The van der Waals surface area contributed by atoms with E-state index in [1.165, 1.54) is 12.2 Å². The van der Waals surface area contributed by atoms with E-state index in [2.05, 4.69) is 0 Å². The first-order valence-corrected chi connectivity index (χ1v) is 5.80. The summed E-state index contributed by atoms with van der Waals surface area (Å²) >= 11 is 7.77. The van der Waals surface area contributed by atoms with Gasteiger partial charge in [-0.15, -0.1) is 0 Å². The van der Waals surface area contributed by atoms with Crippen LogP contribution in [0.1, 0.15) is 23.7 Å². The molecule has 0 saturated carbocycles. The van der Waals surface area contributed by atoms with Crippen molar-refractivity contribution >= 4 is 23.4 Å². The van der Waals surface area contributed by atoms with Gasteiger partial charge in [0.05, 0.1) is 0 Å². The van der Waals surface area contributed by atoms with Gasteiger partial charge in [0.25, 0.3) is 0 Å². The molecule has 1 saturated heterocycles. The molecule has 1 heterocycles. The van der Waals surface area contributed by atoms with Crippen molar-refractivity contribution in [3.8, 4) is 5.75 Å². The molecule has 0 amide bonds. The Morgan fingerprint density at radius 1 is 1.46 bits per heavy atom. The summed E-state index contributed by atoms with van der Waals surface area (Å²) in [5, 5.41) is 10.8. The molecule has 1 aliphatic rings. The van der Waals surface area contributed by atoms with Crippen LogP contribution in [-0.4, -0.2) is 10.9 Å². The van der Waals surface area contributed by atoms with Gasteiger partial charge in [0.2, 0.25) is 0 Å². The molecule has 70 valence electrons. The zero-order valence-corrected chi connectivity index (χ0v) is 8.74. The molecule has 1 N–H and O–H groups in total. The molecule has 13 heavy (non-hydrogen) atoms. The monoisotopic (exact) mass is 214 g/mol. The number of halogens is 1. The average Bonchev–Trinajstić information content (AvgIpc) is 2.61. The lowest BCUT2D eigenvalue weighted by atomic mass is 10.1. The molecule has 0 aromatic heterocycles. The maximum absolute atomic E-state index is 9.62. The van der Waals surface area contributed by atoms with Gasteiger partial charge in [0, 0.05) is 15.8 Å². The highest BCUT2D eigenvalue weighted by Crippen LogP contribution is 2.43. The van der Waals surface area contributed by atoms with Crippen LogP contribution >= 0.6 is 23.4 Å². The maximum atomic E-state index is 9.62. The fraction of sp³-hybridized carbons (Fsp3) is 0.400. The standard InChI is InChI=1S/C10H11ClOS/c11-7-3-4-9(12)8(6-7)10-2-1-5-13-10/h3-4,6,10,12H,1-2,5H2. The summed E-state index contributed by atoms with van der Waals surface area (Å²) in [5.41, 5.74) is 0.995. The first-order valence-electron chi connectivity index (χ1n) is 4.37. The Kier molecular flexibility index (Phi) is 2.70. The van der Waals surface area contributed by atoms with E-state index in [9.17, 15) is 5.11 Å². The zero-order valence-electron chi connectivity index (χ0n) is 7.16. The van der Waals surface area contributed by atoms with Crippen molar-refractivity contribution in [2.45, 2.75) is 18.1 Å². The molecule has 1 aromatic carbocycles. The van der Waals surface area contributed by atoms with Crippen molar-refractivity contribution in [3.63, 3.8) is 0 Å². The lowest BCUT2D eigenvalue weighted by molar-refractivity contribution is 0.467. The summed E-state index contributed by atoms with van der Waals surface area (Å²) in [6.07, 6.45) is 2.39. The largest absolute Gasteiger partial charge is 0.508 e. The molecule has 0 bridgehead atoms. The molecular formula is C10H11ClOS. The van der Waals surface area contributed by atoms with E-state index < -0.39 is 0 Å². The lowest BCUT2D eigenvalue weighted by Gasteiger charge is -2.10. The minimum absolute atomic E-state index is 0.379. The van der Waals surface area contributed by atoms with E-state index in [-0.39, 0.29) is 0 Å². The van der Waals surface area contributed by atoms with Gasteiger partial charge in [-0.2, -0.15) is 11.8 Å². The van der Waals surface area contributed by atoms with Crippen molar-refractivity contribution < 1.29 is 5.11 Å².